The zero-order valence-corrected chi connectivity index (χ0v) is 17.6. The lowest BCUT2D eigenvalue weighted by molar-refractivity contribution is -0.142. The topological polar surface area (TPSA) is 123 Å². The van der Waals surface area contributed by atoms with E-state index in [1.165, 1.54) is 0 Å². The van der Waals surface area contributed by atoms with Crippen molar-refractivity contribution in [3.8, 4) is 0 Å². The molecule has 1 aliphatic heterocycles. The molecular weight excluding hydrogens is 390 g/mol. The van der Waals surface area contributed by atoms with Crippen molar-refractivity contribution in [3.63, 3.8) is 0 Å². The van der Waals surface area contributed by atoms with Gasteiger partial charge >= 0.3 is 18.0 Å². The van der Waals surface area contributed by atoms with Crippen molar-refractivity contribution in [2.24, 2.45) is 0 Å². The van der Waals surface area contributed by atoms with E-state index in [4.69, 9.17) is 9.47 Å². The quantitative estimate of drug-likeness (QED) is 0.576. The molecule has 1 heterocycles. The van der Waals surface area contributed by atoms with Gasteiger partial charge in [0.1, 0.15) is 13.2 Å². The van der Waals surface area contributed by atoms with Crippen LogP contribution < -0.4 is 16.0 Å². The highest BCUT2D eigenvalue weighted by Crippen LogP contribution is 2.22. The first kappa shape index (κ1) is 22.9. The molecule has 0 aliphatic carbocycles. The van der Waals surface area contributed by atoms with Gasteiger partial charge in [-0.1, -0.05) is 32.9 Å². The summed E-state index contributed by atoms with van der Waals surface area (Å²) in [4.78, 5) is 47.6. The molecule has 0 bridgehead atoms. The van der Waals surface area contributed by atoms with Crippen LogP contribution in [-0.2, 0) is 24.5 Å². The van der Waals surface area contributed by atoms with Gasteiger partial charge in [0.25, 0.3) is 5.91 Å². The molecule has 3 amide bonds. The van der Waals surface area contributed by atoms with Gasteiger partial charge in [-0.05, 0) is 30.0 Å². The molecule has 0 radical (unpaired) electrons. The number of rotatable bonds is 7. The maximum Gasteiger partial charge on any atom is 0.337 e. The van der Waals surface area contributed by atoms with Crippen molar-refractivity contribution in [2.75, 3.05) is 26.3 Å². The van der Waals surface area contributed by atoms with Gasteiger partial charge in [-0.25, -0.2) is 9.59 Å². The van der Waals surface area contributed by atoms with Gasteiger partial charge in [0.15, 0.2) is 0 Å². The van der Waals surface area contributed by atoms with Crippen LogP contribution in [-0.4, -0.2) is 50.2 Å². The largest absolute Gasteiger partial charge is 0.463 e. The van der Waals surface area contributed by atoms with Crippen LogP contribution in [0.4, 0.5) is 4.79 Å². The normalized spacial score (nSPS) is 13.8. The molecule has 0 aromatic heterocycles. The second-order valence-electron chi connectivity index (χ2n) is 7.66. The fourth-order valence-corrected chi connectivity index (χ4v) is 2.65. The second kappa shape index (κ2) is 9.91. The average molecular weight is 417 g/mol. The Morgan fingerprint density at radius 2 is 1.77 bits per heavy atom. The highest BCUT2D eigenvalue weighted by Gasteiger charge is 2.24. The average Bonchev–Trinajstić information content (AvgIpc) is 2.70. The van der Waals surface area contributed by atoms with E-state index in [9.17, 15) is 19.2 Å². The van der Waals surface area contributed by atoms with Gasteiger partial charge in [0, 0.05) is 5.56 Å². The van der Waals surface area contributed by atoms with E-state index in [0.717, 1.165) is 5.56 Å². The molecule has 2 rings (SSSR count). The van der Waals surface area contributed by atoms with Crippen molar-refractivity contribution in [1.29, 1.82) is 0 Å². The van der Waals surface area contributed by atoms with Gasteiger partial charge in [-0.15, -0.1) is 0 Å². The highest BCUT2D eigenvalue weighted by atomic mass is 16.5. The number of hydrogen-bond acceptors (Lipinski definition) is 6. The molecule has 162 valence electrons. The minimum Gasteiger partial charge on any atom is -0.463 e. The maximum absolute atomic E-state index is 12.2. The summed E-state index contributed by atoms with van der Waals surface area (Å²) in [7, 11) is 0. The monoisotopic (exact) mass is 417 g/mol. The van der Waals surface area contributed by atoms with Crippen molar-refractivity contribution in [3.05, 3.63) is 46.7 Å². The standard InChI is InChI=1S/C21H27N3O6/c1-5-29-19(27)15-10-23-20(28)24-16(15)12-30-17(25)11-22-18(26)13-6-8-14(9-7-13)21(2,3)4/h6-9H,5,10-12H2,1-4H3,(H,22,26)(H2,23,24,28). The Hall–Kier alpha value is -3.36. The lowest BCUT2D eigenvalue weighted by Gasteiger charge is -2.21. The fourth-order valence-electron chi connectivity index (χ4n) is 2.65. The summed E-state index contributed by atoms with van der Waals surface area (Å²) in [5, 5.41) is 7.37. The minimum atomic E-state index is -0.710. The molecule has 0 saturated heterocycles. The van der Waals surface area contributed by atoms with Crippen LogP contribution >= 0.6 is 0 Å². The number of hydrogen-bond donors (Lipinski definition) is 3. The number of amides is 3. The van der Waals surface area contributed by atoms with Crippen LogP contribution in [0.25, 0.3) is 0 Å². The number of ether oxygens (including phenoxy) is 2. The number of benzene rings is 1. The smallest absolute Gasteiger partial charge is 0.337 e. The van der Waals surface area contributed by atoms with E-state index >= 15 is 0 Å². The molecule has 0 spiro atoms. The van der Waals surface area contributed by atoms with Crippen molar-refractivity contribution in [1.82, 2.24) is 16.0 Å². The molecule has 0 fully saturated rings. The van der Waals surface area contributed by atoms with E-state index < -0.39 is 23.9 Å². The first-order valence-electron chi connectivity index (χ1n) is 9.60. The SMILES string of the molecule is CCOC(=O)C1=C(COC(=O)CNC(=O)c2ccc(C(C)(C)C)cc2)NC(=O)NC1. The second-order valence-corrected chi connectivity index (χ2v) is 7.66. The summed E-state index contributed by atoms with van der Waals surface area (Å²) in [5.74, 6) is -1.73. The Morgan fingerprint density at radius 1 is 1.10 bits per heavy atom. The van der Waals surface area contributed by atoms with Crippen LogP contribution in [0, 0.1) is 0 Å². The number of carbonyl (C=O) groups excluding carboxylic acids is 4. The predicted molar refractivity (Wildman–Crippen MR) is 109 cm³/mol. The predicted octanol–water partition coefficient (Wildman–Crippen LogP) is 1.39. The molecule has 9 heteroatoms. The zero-order chi connectivity index (χ0) is 22.3. The lowest BCUT2D eigenvalue weighted by Crippen LogP contribution is -2.45. The number of esters is 2. The van der Waals surface area contributed by atoms with Gasteiger partial charge in [-0.3, -0.25) is 9.59 Å². The van der Waals surface area contributed by atoms with Crippen LogP contribution in [0.3, 0.4) is 0 Å². The summed E-state index contributed by atoms with van der Waals surface area (Å²) in [5.41, 5.74) is 1.81. The van der Waals surface area contributed by atoms with Crippen LogP contribution in [0.1, 0.15) is 43.6 Å². The van der Waals surface area contributed by atoms with Gasteiger partial charge in [-0.2, -0.15) is 0 Å². The number of nitrogens with one attached hydrogen (secondary N) is 3. The Kier molecular flexibility index (Phi) is 7.57. The number of carbonyl (C=O) groups is 4. The van der Waals surface area contributed by atoms with Gasteiger partial charge < -0.3 is 25.4 Å². The lowest BCUT2D eigenvalue weighted by atomic mass is 9.87. The summed E-state index contributed by atoms with van der Waals surface area (Å²) >= 11 is 0. The van der Waals surface area contributed by atoms with Gasteiger partial charge in [0.2, 0.25) is 0 Å². The first-order chi connectivity index (χ1) is 14.1. The molecule has 1 aromatic rings. The Morgan fingerprint density at radius 3 is 2.37 bits per heavy atom. The fraction of sp³-hybridized carbons (Fsp3) is 0.429. The molecule has 9 nitrogen and oxygen atoms in total. The molecule has 0 unspecified atom stereocenters. The molecule has 1 aromatic carbocycles. The first-order valence-corrected chi connectivity index (χ1v) is 9.60. The molecule has 3 N–H and O–H groups in total. The third-order valence-electron chi connectivity index (χ3n) is 4.36. The zero-order valence-electron chi connectivity index (χ0n) is 17.6. The molecule has 0 saturated carbocycles. The van der Waals surface area contributed by atoms with E-state index in [2.05, 4.69) is 36.7 Å². The summed E-state index contributed by atoms with van der Waals surface area (Å²) in [6.45, 7) is 7.35. The van der Waals surface area contributed by atoms with E-state index in [-0.39, 0.29) is 43.0 Å². The van der Waals surface area contributed by atoms with E-state index in [1.54, 1.807) is 19.1 Å². The van der Waals surface area contributed by atoms with Gasteiger partial charge in [0.05, 0.1) is 24.4 Å². The molecule has 30 heavy (non-hydrogen) atoms. The number of urea groups is 1. The van der Waals surface area contributed by atoms with E-state index in [0.29, 0.717) is 5.56 Å². The third-order valence-corrected chi connectivity index (χ3v) is 4.36. The third kappa shape index (κ3) is 6.33. The maximum atomic E-state index is 12.2. The summed E-state index contributed by atoms with van der Waals surface area (Å²) < 4.78 is 10.0. The van der Waals surface area contributed by atoms with Crippen molar-refractivity contribution in [2.45, 2.75) is 33.1 Å². The van der Waals surface area contributed by atoms with Crippen LogP contribution in [0.5, 0.6) is 0 Å². The molecule has 0 atom stereocenters. The van der Waals surface area contributed by atoms with Crippen LogP contribution in [0.15, 0.2) is 35.5 Å². The summed E-state index contributed by atoms with van der Waals surface area (Å²) in [6.07, 6.45) is 0. The van der Waals surface area contributed by atoms with Crippen molar-refractivity contribution >= 4 is 23.9 Å². The van der Waals surface area contributed by atoms with Crippen LogP contribution in [0.2, 0.25) is 0 Å². The summed E-state index contributed by atoms with van der Waals surface area (Å²) in [6, 6.07) is 6.62. The molecule has 1 aliphatic rings. The molecular formula is C21H27N3O6. The highest BCUT2D eigenvalue weighted by molar-refractivity contribution is 5.96. The van der Waals surface area contributed by atoms with Crippen molar-refractivity contribution < 1.29 is 28.7 Å². The Bertz CT molecular complexity index is 852. The Labute approximate surface area is 175 Å². The minimum absolute atomic E-state index is 0.0278. The van der Waals surface area contributed by atoms with E-state index in [1.807, 2.05) is 12.1 Å². The Balaban J connectivity index is 1.90.